The number of nitrogens with one attached hydrogen (secondary N) is 1. The highest BCUT2D eigenvalue weighted by Crippen LogP contribution is 2.31. The zero-order valence-electron chi connectivity index (χ0n) is 14.7. The SMILES string of the molecule is COc1cc([C@H](C)NC(=O)[C@@H](C)n2cncn2)ccc1OC(C)C. The van der Waals surface area contributed by atoms with E-state index >= 15 is 0 Å². The summed E-state index contributed by atoms with van der Waals surface area (Å²) in [5.74, 6) is 1.20. The van der Waals surface area contributed by atoms with Gasteiger partial charge >= 0.3 is 0 Å². The highest BCUT2D eigenvalue weighted by molar-refractivity contribution is 5.80. The van der Waals surface area contributed by atoms with Gasteiger partial charge in [-0.1, -0.05) is 6.07 Å². The zero-order chi connectivity index (χ0) is 17.7. The summed E-state index contributed by atoms with van der Waals surface area (Å²) in [6.07, 6.45) is 2.99. The van der Waals surface area contributed by atoms with Crippen molar-refractivity contribution in [1.29, 1.82) is 0 Å². The fraction of sp³-hybridized carbons (Fsp3) is 0.471. The van der Waals surface area contributed by atoms with Crippen molar-refractivity contribution >= 4 is 5.91 Å². The summed E-state index contributed by atoms with van der Waals surface area (Å²) in [5, 5.41) is 6.96. The van der Waals surface area contributed by atoms with Crippen LogP contribution in [-0.4, -0.2) is 33.9 Å². The molecule has 0 aliphatic heterocycles. The normalized spacial score (nSPS) is 13.4. The molecule has 0 bridgehead atoms. The molecular weight excluding hydrogens is 308 g/mol. The van der Waals surface area contributed by atoms with E-state index in [0.29, 0.717) is 11.5 Å². The predicted molar refractivity (Wildman–Crippen MR) is 90.0 cm³/mol. The number of hydrogen-bond donors (Lipinski definition) is 1. The summed E-state index contributed by atoms with van der Waals surface area (Å²) >= 11 is 0. The molecule has 1 aromatic heterocycles. The first-order valence-corrected chi connectivity index (χ1v) is 7.91. The molecule has 2 aromatic rings. The Bertz CT molecular complexity index is 670. The number of hydrogen-bond acceptors (Lipinski definition) is 5. The minimum absolute atomic E-state index is 0.0606. The number of carbonyl (C=O) groups excluding carboxylic acids is 1. The van der Waals surface area contributed by atoms with E-state index in [4.69, 9.17) is 9.47 Å². The number of aromatic nitrogens is 3. The van der Waals surface area contributed by atoms with Gasteiger partial charge in [-0.05, 0) is 45.4 Å². The lowest BCUT2D eigenvalue weighted by molar-refractivity contribution is -0.124. The molecule has 0 aliphatic rings. The number of benzene rings is 1. The van der Waals surface area contributed by atoms with Crippen LogP contribution in [0.15, 0.2) is 30.9 Å². The van der Waals surface area contributed by atoms with Crippen LogP contribution in [0.4, 0.5) is 0 Å². The van der Waals surface area contributed by atoms with Crippen molar-refractivity contribution in [2.24, 2.45) is 0 Å². The van der Waals surface area contributed by atoms with Crippen molar-refractivity contribution < 1.29 is 14.3 Å². The van der Waals surface area contributed by atoms with Gasteiger partial charge in [0.2, 0.25) is 5.91 Å². The van der Waals surface area contributed by atoms with Gasteiger partial charge in [-0.15, -0.1) is 0 Å². The van der Waals surface area contributed by atoms with Crippen LogP contribution < -0.4 is 14.8 Å². The average molecular weight is 332 g/mol. The molecule has 0 fully saturated rings. The molecular formula is C17H24N4O3. The molecule has 0 unspecified atom stereocenters. The molecule has 7 heteroatoms. The van der Waals surface area contributed by atoms with Crippen molar-refractivity contribution in [3.63, 3.8) is 0 Å². The Hall–Kier alpha value is -2.57. The second-order valence-corrected chi connectivity index (χ2v) is 5.86. The Kier molecular flexibility index (Phi) is 5.78. The maximum atomic E-state index is 12.3. The maximum Gasteiger partial charge on any atom is 0.245 e. The Morgan fingerprint density at radius 2 is 1.96 bits per heavy atom. The quantitative estimate of drug-likeness (QED) is 0.843. The molecule has 1 N–H and O–H groups in total. The van der Waals surface area contributed by atoms with Gasteiger partial charge in [0.15, 0.2) is 11.5 Å². The third-order valence-electron chi connectivity index (χ3n) is 3.62. The molecule has 0 saturated carbocycles. The highest BCUT2D eigenvalue weighted by Gasteiger charge is 2.19. The Morgan fingerprint density at radius 1 is 1.21 bits per heavy atom. The summed E-state index contributed by atoms with van der Waals surface area (Å²) in [4.78, 5) is 16.2. The summed E-state index contributed by atoms with van der Waals surface area (Å²) in [6, 6.07) is 5.05. The largest absolute Gasteiger partial charge is 0.493 e. The topological polar surface area (TPSA) is 78.3 Å². The van der Waals surface area contributed by atoms with Gasteiger partial charge in [0.1, 0.15) is 18.7 Å². The van der Waals surface area contributed by atoms with Crippen molar-refractivity contribution in [3.8, 4) is 11.5 Å². The van der Waals surface area contributed by atoms with E-state index in [0.717, 1.165) is 5.56 Å². The molecule has 0 aliphatic carbocycles. The fourth-order valence-corrected chi connectivity index (χ4v) is 2.26. The van der Waals surface area contributed by atoms with E-state index in [1.165, 1.54) is 17.3 Å². The Morgan fingerprint density at radius 3 is 2.54 bits per heavy atom. The lowest BCUT2D eigenvalue weighted by Gasteiger charge is -2.20. The van der Waals surface area contributed by atoms with Crippen molar-refractivity contribution in [1.82, 2.24) is 20.1 Å². The van der Waals surface area contributed by atoms with Gasteiger partial charge in [-0.2, -0.15) is 5.10 Å². The zero-order valence-corrected chi connectivity index (χ0v) is 14.7. The molecule has 2 rings (SSSR count). The van der Waals surface area contributed by atoms with Gasteiger partial charge in [0.05, 0.1) is 19.3 Å². The average Bonchev–Trinajstić information content (AvgIpc) is 3.08. The van der Waals surface area contributed by atoms with Crippen LogP contribution in [0.5, 0.6) is 11.5 Å². The fourth-order valence-electron chi connectivity index (χ4n) is 2.26. The first-order valence-electron chi connectivity index (χ1n) is 7.91. The molecule has 24 heavy (non-hydrogen) atoms. The highest BCUT2D eigenvalue weighted by atomic mass is 16.5. The van der Waals surface area contributed by atoms with Gasteiger partial charge in [0, 0.05) is 0 Å². The molecule has 1 aromatic carbocycles. The van der Waals surface area contributed by atoms with Crippen LogP contribution in [0.2, 0.25) is 0 Å². The number of methoxy groups -OCH3 is 1. The van der Waals surface area contributed by atoms with Gasteiger partial charge in [-0.25, -0.2) is 9.67 Å². The number of rotatable bonds is 7. The van der Waals surface area contributed by atoms with Gasteiger partial charge in [0.25, 0.3) is 0 Å². The van der Waals surface area contributed by atoms with Crippen molar-refractivity contribution in [2.45, 2.75) is 45.9 Å². The van der Waals surface area contributed by atoms with E-state index in [1.54, 1.807) is 14.0 Å². The first kappa shape index (κ1) is 17.8. The lowest BCUT2D eigenvalue weighted by Crippen LogP contribution is -2.33. The second-order valence-electron chi connectivity index (χ2n) is 5.86. The third kappa shape index (κ3) is 4.24. The molecule has 0 saturated heterocycles. The van der Waals surface area contributed by atoms with Crippen LogP contribution in [0.25, 0.3) is 0 Å². The molecule has 130 valence electrons. The lowest BCUT2D eigenvalue weighted by atomic mass is 10.1. The number of carbonyl (C=O) groups is 1. The van der Waals surface area contributed by atoms with E-state index in [2.05, 4.69) is 15.4 Å². The van der Waals surface area contributed by atoms with Crippen LogP contribution >= 0.6 is 0 Å². The van der Waals surface area contributed by atoms with Crippen molar-refractivity contribution in [3.05, 3.63) is 36.4 Å². The predicted octanol–water partition coefficient (Wildman–Crippen LogP) is 2.51. The third-order valence-corrected chi connectivity index (χ3v) is 3.62. The molecule has 0 radical (unpaired) electrons. The smallest absolute Gasteiger partial charge is 0.245 e. The summed E-state index contributed by atoms with van der Waals surface area (Å²) in [7, 11) is 1.60. The van der Waals surface area contributed by atoms with E-state index in [-0.39, 0.29) is 18.1 Å². The second kappa shape index (κ2) is 7.81. The number of amides is 1. The molecule has 2 atom stereocenters. The minimum atomic E-state index is -0.430. The van der Waals surface area contributed by atoms with Crippen LogP contribution in [0, 0.1) is 0 Å². The standard InChI is InChI=1S/C17H24N4O3/c1-11(2)24-15-7-6-14(8-16(15)23-5)12(3)20-17(22)13(4)21-10-18-9-19-21/h6-13H,1-5H3,(H,20,22)/t12-,13+/m0/s1. The first-order chi connectivity index (χ1) is 11.4. The molecule has 1 amide bonds. The summed E-state index contributed by atoms with van der Waals surface area (Å²) in [5.41, 5.74) is 0.932. The molecule has 0 spiro atoms. The maximum absolute atomic E-state index is 12.3. The Balaban J connectivity index is 2.09. The summed E-state index contributed by atoms with van der Waals surface area (Å²) in [6.45, 7) is 7.62. The van der Waals surface area contributed by atoms with Crippen LogP contribution in [0.3, 0.4) is 0 Å². The van der Waals surface area contributed by atoms with Crippen LogP contribution in [0.1, 0.15) is 45.3 Å². The monoisotopic (exact) mass is 332 g/mol. The van der Waals surface area contributed by atoms with Gasteiger partial charge < -0.3 is 14.8 Å². The molecule has 7 nitrogen and oxygen atoms in total. The minimum Gasteiger partial charge on any atom is -0.493 e. The van der Waals surface area contributed by atoms with E-state index in [9.17, 15) is 4.79 Å². The summed E-state index contributed by atoms with van der Waals surface area (Å²) < 4.78 is 12.6. The van der Waals surface area contributed by atoms with Gasteiger partial charge in [-0.3, -0.25) is 4.79 Å². The van der Waals surface area contributed by atoms with Crippen LogP contribution in [-0.2, 0) is 4.79 Å². The number of ether oxygens (including phenoxy) is 2. The Labute approximate surface area is 142 Å². The number of nitrogens with zero attached hydrogens (tertiary/aromatic N) is 3. The van der Waals surface area contributed by atoms with E-state index in [1.807, 2.05) is 39.0 Å². The van der Waals surface area contributed by atoms with E-state index < -0.39 is 6.04 Å². The molecule has 1 heterocycles. The van der Waals surface area contributed by atoms with Crippen molar-refractivity contribution in [2.75, 3.05) is 7.11 Å².